The van der Waals surface area contributed by atoms with Gasteiger partial charge in [-0.2, -0.15) is 0 Å². The number of thioether (sulfide) groups is 1. The molecule has 0 aliphatic carbocycles. The van der Waals surface area contributed by atoms with Gasteiger partial charge in [0, 0.05) is 34.3 Å². The monoisotopic (exact) mass is 610 g/mol. The lowest BCUT2D eigenvalue weighted by atomic mass is 10.0. The molecule has 0 aliphatic rings. The van der Waals surface area contributed by atoms with Crippen molar-refractivity contribution >= 4 is 70.0 Å². The van der Waals surface area contributed by atoms with Crippen LogP contribution in [0.3, 0.4) is 0 Å². The van der Waals surface area contributed by atoms with E-state index in [-0.39, 0.29) is 24.1 Å². The summed E-state index contributed by atoms with van der Waals surface area (Å²) < 4.78 is 0. The van der Waals surface area contributed by atoms with Crippen LogP contribution in [0.1, 0.15) is 37.5 Å². The van der Waals surface area contributed by atoms with Gasteiger partial charge in [0.2, 0.25) is 11.8 Å². The van der Waals surface area contributed by atoms with Gasteiger partial charge < -0.3 is 10.2 Å². The second-order valence-corrected chi connectivity index (χ2v) is 12.6. The van der Waals surface area contributed by atoms with Crippen LogP contribution in [-0.4, -0.2) is 34.0 Å². The molecule has 0 aliphatic heterocycles. The molecular weight excluding hydrogens is 582 g/mol. The molecule has 9 heteroatoms. The Morgan fingerprint density at radius 1 is 0.868 bits per heavy atom. The zero-order valence-electron chi connectivity index (χ0n) is 21.4. The van der Waals surface area contributed by atoms with Crippen molar-refractivity contribution in [1.29, 1.82) is 0 Å². The normalized spacial score (nSPS) is 12.2. The Hall–Kier alpha value is -1.89. The van der Waals surface area contributed by atoms with Crippen molar-refractivity contribution in [3.05, 3.63) is 104 Å². The molecule has 2 amide bonds. The number of benzene rings is 3. The maximum absolute atomic E-state index is 13.7. The van der Waals surface area contributed by atoms with E-state index in [1.807, 2.05) is 57.2 Å². The second-order valence-electron chi connectivity index (χ2n) is 9.94. The zero-order chi connectivity index (χ0) is 27.9. The number of nitrogens with zero attached hydrogens (tertiary/aromatic N) is 1. The first-order chi connectivity index (χ1) is 17.9. The SMILES string of the molecule is CC(C)(C)NC(=O)C(Cc1ccccc1)N(Cc1ccc(Cl)cc1Cl)C(=O)CSCc1ccc(Cl)c(Cl)c1. The van der Waals surface area contributed by atoms with Gasteiger partial charge >= 0.3 is 0 Å². The van der Waals surface area contributed by atoms with Gasteiger partial charge in [-0.05, 0) is 61.7 Å². The Morgan fingerprint density at radius 3 is 2.21 bits per heavy atom. The number of nitrogens with one attached hydrogen (secondary N) is 1. The fourth-order valence-electron chi connectivity index (χ4n) is 3.81. The highest BCUT2D eigenvalue weighted by atomic mass is 35.5. The van der Waals surface area contributed by atoms with E-state index in [0.717, 1.165) is 11.1 Å². The van der Waals surface area contributed by atoms with Crippen molar-refractivity contribution in [3.63, 3.8) is 0 Å². The molecule has 1 unspecified atom stereocenters. The smallest absolute Gasteiger partial charge is 0.243 e. The minimum Gasteiger partial charge on any atom is -0.350 e. The number of halogens is 4. The first kappa shape index (κ1) is 30.6. The lowest BCUT2D eigenvalue weighted by Crippen LogP contribution is -2.54. The van der Waals surface area contributed by atoms with Crippen molar-refractivity contribution in [2.24, 2.45) is 0 Å². The Kier molecular flexibility index (Phi) is 11.3. The molecule has 1 atom stereocenters. The average molecular weight is 612 g/mol. The standard InChI is InChI=1S/C29H30Cl4N2O2S/c1-29(2,3)34-28(37)26(14-19-7-5-4-6-8-19)35(16-21-10-11-22(30)15-24(21)32)27(36)18-38-17-20-9-12-23(31)25(33)13-20/h4-13,15,26H,14,16-18H2,1-3H3,(H,34,37). The summed E-state index contributed by atoms with van der Waals surface area (Å²) in [5, 5.41) is 4.95. The molecule has 0 radical (unpaired) electrons. The summed E-state index contributed by atoms with van der Waals surface area (Å²) in [4.78, 5) is 29.0. The third-order valence-corrected chi connectivity index (χ3v) is 7.92. The van der Waals surface area contributed by atoms with E-state index < -0.39 is 11.6 Å². The van der Waals surface area contributed by atoms with Crippen LogP contribution in [-0.2, 0) is 28.3 Å². The predicted molar refractivity (Wildman–Crippen MR) is 161 cm³/mol. The van der Waals surface area contributed by atoms with Crippen LogP contribution in [0.15, 0.2) is 66.7 Å². The third kappa shape index (κ3) is 9.39. The van der Waals surface area contributed by atoms with Gasteiger partial charge in [0.05, 0.1) is 15.8 Å². The van der Waals surface area contributed by atoms with Crippen molar-refractivity contribution in [1.82, 2.24) is 10.2 Å². The van der Waals surface area contributed by atoms with Crippen molar-refractivity contribution in [2.75, 3.05) is 5.75 Å². The van der Waals surface area contributed by atoms with Gasteiger partial charge in [0.15, 0.2) is 0 Å². The van der Waals surface area contributed by atoms with Crippen LogP contribution >= 0.6 is 58.2 Å². The van der Waals surface area contributed by atoms with E-state index >= 15 is 0 Å². The minimum absolute atomic E-state index is 0.164. The van der Waals surface area contributed by atoms with E-state index in [4.69, 9.17) is 46.4 Å². The highest BCUT2D eigenvalue weighted by molar-refractivity contribution is 7.99. The second kappa shape index (κ2) is 14.0. The lowest BCUT2D eigenvalue weighted by Gasteiger charge is -2.34. The highest BCUT2D eigenvalue weighted by Gasteiger charge is 2.32. The molecule has 202 valence electrons. The zero-order valence-corrected chi connectivity index (χ0v) is 25.3. The van der Waals surface area contributed by atoms with Crippen LogP contribution in [0.5, 0.6) is 0 Å². The molecular formula is C29H30Cl4N2O2S. The average Bonchev–Trinajstić information content (AvgIpc) is 2.84. The summed E-state index contributed by atoms with van der Waals surface area (Å²) in [6, 6.07) is 19.5. The molecule has 0 saturated heterocycles. The first-order valence-corrected chi connectivity index (χ1v) is 14.7. The minimum atomic E-state index is -0.749. The van der Waals surface area contributed by atoms with Crippen molar-refractivity contribution in [3.8, 4) is 0 Å². The molecule has 0 aromatic heterocycles. The molecule has 38 heavy (non-hydrogen) atoms. The Bertz CT molecular complexity index is 1270. The number of amides is 2. The summed E-state index contributed by atoms with van der Waals surface area (Å²) in [6.07, 6.45) is 0.358. The van der Waals surface area contributed by atoms with Gasteiger partial charge in [0.1, 0.15) is 6.04 Å². The predicted octanol–water partition coefficient (Wildman–Crippen LogP) is 8.09. The Labute approximate surface area is 249 Å². The Balaban J connectivity index is 1.90. The van der Waals surface area contributed by atoms with E-state index in [2.05, 4.69) is 5.32 Å². The fourth-order valence-corrected chi connectivity index (χ4v) is 5.46. The summed E-state index contributed by atoms with van der Waals surface area (Å²) in [6.45, 7) is 5.91. The molecule has 0 bridgehead atoms. The van der Waals surface area contributed by atoms with Crippen molar-refractivity contribution < 1.29 is 9.59 Å². The summed E-state index contributed by atoms with van der Waals surface area (Å²) in [7, 11) is 0. The van der Waals surface area contributed by atoms with E-state index in [9.17, 15) is 9.59 Å². The molecule has 3 rings (SSSR count). The molecule has 0 heterocycles. The molecule has 4 nitrogen and oxygen atoms in total. The first-order valence-electron chi connectivity index (χ1n) is 12.0. The number of carbonyl (C=O) groups excluding carboxylic acids is 2. The number of hydrogen-bond donors (Lipinski definition) is 1. The topological polar surface area (TPSA) is 49.4 Å². The van der Waals surface area contributed by atoms with Gasteiger partial charge in [0.25, 0.3) is 0 Å². The maximum Gasteiger partial charge on any atom is 0.243 e. The molecule has 3 aromatic rings. The largest absolute Gasteiger partial charge is 0.350 e. The summed E-state index contributed by atoms with van der Waals surface area (Å²) >= 11 is 26.2. The molecule has 0 spiro atoms. The van der Waals surface area contributed by atoms with Crippen LogP contribution in [0.2, 0.25) is 20.1 Å². The lowest BCUT2D eigenvalue weighted by molar-refractivity contribution is -0.140. The van der Waals surface area contributed by atoms with Crippen LogP contribution in [0.25, 0.3) is 0 Å². The maximum atomic E-state index is 13.7. The van der Waals surface area contributed by atoms with E-state index in [0.29, 0.717) is 37.8 Å². The van der Waals surface area contributed by atoms with E-state index in [1.165, 1.54) is 11.8 Å². The summed E-state index contributed by atoms with van der Waals surface area (Å²) in [5.41, 5.74) is 2.14. The molecule has 0 saturated carbocycles. The van der Waals surface area contributed by atoms with Gasteiger partial charge in [-0.1, -0.05) is 88.9 Å². The van der Waals surface area contributed by atoms with Gasteiger partial charge in [-0.3, -0.25) is 9.59 Å². The van der Waals surface area contributed by atoms with Crippen molar-refractivity contribution in [2.45, 2.75) is 51.1 Å². The van der Waals surface area contributed by atoms with Gasteiger partial charge in [-0.15, -0.1) is 11.8 Å². The summed E-state index contributed by atoms with van der Waals surface area (Å²) in [5.74, 6) is 0.329. The third-order valence-electron chi connectivity index (χ3n) is 5.60. The van der Waals surface area contributed by atoms with Crippen LogP contribution < -0.4 is 5.32 Å². The number of carbonyl (C=O) groups is 2. The molecule has 0 fully saturated rings. The van der Waals surface area contributed by atoms with Crippen LogP contribution in [0.4, 0.5) is 0 Å². The quantitative estimate of drug-likeness (QED) is 0.252. The molecule has 3 aromatic carbocycles. The molecule has 1 N–H and O–H groups in total. The number of hydrogen-bond acceptors (Lipinski definition) is 3. The van der Waals surface area contributed by atoms with E-state index in [1.54, 1.807) is 35.2 Å². The highest BCUT2D eigenvalue weighted by Crippen LogP contribution is 2.27. The Morgan fingerprint density at radius 2 is 1.58 bits per heavy atom. The fraction of sp³-hybridized carbons (Fsp3) is 0.310. The van der Waals surface area contributed by atoms with Gasteiger partial charge in [-0.25, -0.2) is 0 Å². The van der Waals surface area contributed by atoms with Crippen LogP contribution in [0, 0.1) is 0 Å². The number of rotatable bonds is 10.